The van der Waals surface area contributed by atoms with Crippen LogP contribution in [-0.2, 0) is 4.79 Å². The van der Waals surface area contributed by atoms with E-state index in [1.54, 1.807) is 20.3 Å². The molecule has 1 N–H and O–H groups in total. The van der Waals surface area contributed by atoms with Crippen molar-refractivity contribution in [2.24, 2.45) is 5.92 Å². The van der Waals surface area contributed by atoms with Crippen molar-refractivity contribution in [3.05, 3.63) is 57.6 Å². The molecule has 28 heavy (non-hydrogen) atoms. The second-order valence-electron chi connectivity index (χ2n) is 6.82. The van der Waals surface area contributed by atoms with Crippen molar-refractivity contribution in [3.8, 4) is 11.5 Å². The molecule has 0 aromatic heterocycles. The van der Waals surface area contributed by atoms with E-state index in [1.165, 1.54) is 0 Å². The fraction of sp³-hybridized carbons (Fsp3) is 0.381. The summed E-state index contributed by atoms with van der Waals surface area (Å²) in [7, 11) is 3.23. The van der Waals surface area contributed by atoms with Gasteiger partial charge in [0.2, 0.25) is 0 Å². The fourth-order valence-electron chi connectivity index (χ4n) is 3.73. The summed E-state index contributed by atoms with van der Waals surface area (Å²) in [6, 6.07) is 11.0. The van der Waals surface area contributed by atoms with E-state index in [0.717, 1.165) is 11.1 Å². The van der Waals surface area contributed by atoms with Crippen molar-refractivity contribution in [2.75, 3.05) is 27.3 Å². The maximum atomic E-state index is 11.3. The molecule has 0 spiro atoms. The molecule has 1 heterocycles. The van der Waals surface area contributed by atoms with E-state index in [0.29, 0.717) is 47.5 Å². The first-order valence-corrected chi connectivity index (χ1v) is 9.84. The third kappa shape index (κ3) is 4.37. The second-order valence-corrected chi connectivity index (χ2v) is 7.67. The molecule has 1 aliphatic heterocycles. The molecule has 5 nitrogen and oxygen atoms in total. The first kappa shape index (κ1) is 20.8. The van der Waals surface area contributed by atoms with Gasteiger partial charge in [-0.15, -0.1) is 0 Å². The molecule has 1 atom stereocenters. The second kappa shape index (κ2) is 9.03. The first-order valence-electron chi connectivity index (χ1n) is 9.08. The summed E-state index contributed by atoms with van der Waals surface area (Å²) in [5.41, 5.74) is 1.85. The largest absolute Gasteiger partial charge is 0.497 e. The minimum absolute atomic E-state index is 0.180. The van der Waals surface area contributed by atoms with Crippen LogP contribution < -0.4 is 9.47 Å². The van der Waals surface area contributed by atoms with Crippen LogP contribution >= 0.6 is 23.2 Å². The lowest BCUT2D eigenvalue weighted by Crippen LogP contribution is -2.39. The molecule has 150 valence electrons. The van der Waals surface area contributed by atoms with Crippen molar-refractivity contribution >= 4 is 29.2 Å². The molecule has 3 rings (SSSR count). The Kier molecular flexibility index (Phi) is 6.70. The smallest absolute Gasteiger partial charge is 0.306 e. The van der Waals surface area contributed by atoms with Crippen molar-refractivity contribution < 1.29 is 19.4 Å². The highest BCUT2D eigenvalue weighted by Crippen LogP contribution is 2.41. The molecule has 0 radical (unpaired) electrons. The molecule has 2 aromatic rings. The van der Waals surface area contributed by atoms with Crippen LogP contribution in [0.2, 0.25) is 10.0 Å². The molecule has 0 bridgehead atoms. The van der Waals surface area contributed by atoms with Gasteiger partial charge < -0.3 is 14.6 Å². The average molecular weight is 424 g/mol. The zero-order chi connectivity index (χ0) is 20.3. The van der Waals surface area contributed by atoms with Crippen LogP contribution in [0.5, 0.6) is 11.5 Å². The van der Waals surface area contributed by atoms with Crippen molar-refractivity contribution in [2.45, 2.75) is 18.9 Å². The van der Waals surface area contributed by atoms with Crippen LogP contribution in [0, 0.1) is 5.92 Å². The number of ether oxygens (including phenoxy) is 2. The SMILES string of the molecule is COc1ccc(C(c2ccc(Cl)cc2Cl)N2CCC(C(=O)O)CC2)c(OC)c1. The maximum absolute atomic E-state index is 11.3. The Balaban J connectivity index is 2.04. The average Bonchev–Trinajstić information content (AvgIpc) is 2.70. The number of carboxylic acid groups (broad SMARTS) is 1. The summed E-state index contributed by atoms with van der Waals surface area (Å²) >= 11 is 12.7. The van der Waals surface area contributed by atoms with Crippen molar-refractivity contribution in [1.29, 1.82) is 0 Å². The highest BCUT2D eigenvalue weighted by molar-refractivity contribution is 6.35. The number of rotatable bonds is 6. The van der Waals surface area contributed by atoms with Crippen LogP contribution in [0.15, 0.2) is 36.4 Å². The Morgan fingerprint density at radius 1 is 1.07 bits per heavy atom. The molecule has 0 aliphatic carbocycles. The molecule has 1 saturated heterocycles. The van der Waals surface area contributed by atoms with Gasteiger partial charge in [-0.1, -0.05) is 29.3 Å². The van der Waals surface area contributed by atoms with Crippen LogP contribution in [0.4, 0.5) is 0 Å². The zero-order valence-corrected chi connectivity index (χ0v) is 17.3. The zero-order valence-electron chi connectivity index (χ0n) is 15.8. The number of piperidine rings is 1. The lowest BCUT2D eigenvalue weighted by Gasteiger charge is -2.38. The molecule has 0 saturated carbocycles. The minimum Gasteiger partial charge on any atom is -0.497 e. The Labute approximate surface area is 174 Å². The highest BCUT2D eigenvalue weighted by Gasteiger charge is 2.32. The van der Waals surface area contributed by atoms with Gasteiger partial charge in [0.15, 0.2) is 0 Å². The predicted molar refractivity (Wildman–Crippen MR) is 110 cm³/mol. The van der Waals surface area contributed by atoms with Gasteiger partial charge in [-0.2, -0.15) is 0 Å². The van der Waals surface area contributed by atoms with E-state index < -0.39 is 5.97 Å². The van der Waals surface area contributed by atoms with E-state index in [-0.39, 0.29) is 12.0 Å². The maximum Gasteiger partial charge on any atom is 0.306 e. The monoisotopic (exact) mass is 423 g/mol. The number of carbonyl (C=O) groups is 1. The summed E-state index contributed by atoms with van der Waals surface area (Å²) < 4.78 is 11.0. The Bertz CT molecular complexity index is 850. The predicted octanol–water partition coefficient (Wildman–Crippen LogP) is 4.90. The quantitative estimate of drug-likeness (QED) is 0.715. The number of aliphatic carboxylic acids is 1. The molecular weight excluding hydrogens is 401 g/mol. The number of hydrogen-bond acceptors (Lipinski definition) is 4. The lowest BCUT2D eigenvalue weighted by molar-refractivity contribution is -0.143. The van der Waals surface area contributed by atoms with Gasteiger partial charge in [0, 0.05) is 21.7 Å². The van der Waals surface area contributed by atoms with E-state index in [1.807, 2.05) is 30.3 Å². The molecule has 7 heteroatoms. The van der Waals surface area contributed by atoms with Gasteiger partial charge in [-0.25, -0.2) is 0 Å². The van der Waals surface area contributed by atoms with Gasteiger partial charge in [0.25, 0.3) is 0 Å². The van der Waals surface area contributed by atoms with E-state index in [4.69, 9.17) is 32.7 Å². The molecular formula is C21H23Cl2NO4. The normalized spacial score (nSPS) is 16.6. The summed E-state index contributed by atoms with van der Waals surface area (Å²) in [5.74, 6) is 0.347. The third-order valence-corrected chi connectivity index (χ3v) is 5.80. The number of nitrogens with zero attached hydrogens (tertiary/aromatic N) is 1. The van der Waals surface area contributed by atoms with Crippen molar-refractivity contribution in [1.82, 2.24) is 4.90 Å². The fourth-order valence-corrected chi connectivity index (χ4v) is 4.24. The Morgan fingerprint density at radius 2 is 1.75 bits per heavy atom. The van der Waals surface area contributed by atoms with Crippen LogP contribution in [0.25, 0.3) is 0 Å². The number of benzene rings is 2. The summed E-state index contributed by atoms with van der Waals surface area (Å²) in [6.45, 7) is 1.30. The van der Waals surface area contributed by atoms with Crippen LogP contribution in [-0.4, -0.2) is 43.3 Å². The van der Waals surface area contributed by atoms with Gasteiger partial charge in [0.05, 0.1) is 26.2 Å². The highest BCUT2D eigenvalue weighted by atomic mass is 35.5. The Hall–Kier alpha value is -1.95. The molecule has 1 unspecified atom stereocenters. The molecule has 1 fully saturated rings. The van der Waals surface area contributed by atoms with E-state index >= 15 is 0 Å². The van der Waals surface area contributed by atoms with Gasteiger partial charge >= 0.3 is 5.97 Å². The Morgan fingerprint density at radius 3 is 2.32 bits per heavy atom. The summed E-state index contributed by atoms with van der Waals surface area (Å²) in [4.78, 5) is 13.6. The lowest BCUT2D eigenvalue weighted by atomic mass is 9.91. The number of halogens is 2. The van der Waals surface area contributed by atoms with E-state index in [9.17, 15) is 9.90 Å². The summed E-state index contributed by atoms with van der Waals surface area (Å²) in [5, 5.41) is 10.5. The van der Waals surface area contributed by atoms with Crippen molar-refractivity contribution in [3.63, 3.8) is 0 Å². The molecule has 2 aromatic carbocycles. The van der Waals surface area contributed by atoms with Crippen LogP contribution in [0.1, 0.15) is 30.0 Å². The summed E-state index contributed by atoms with van der Waals surface area (Å²) in [6.07, 6.45) is 1.19. The van der Waals surface area contributed by atoms with Gasteiger partial charge in [-0.3, -0.25) is 9.69 Å². The molecule has 0 amide bonds. The van der Waals surface area contributed by atoms with Gasteiger partial charge in [-0.05, 0) is 55.8 Å². The van der Waals surface area contributed by atoms with Crippen LogP contribution in [0.3, 0.4) is 0 Å². The number of carboxylic acids is 1. The third-order valence-electron chi connectivity index (χ3n) is 5.24. The molecule has 1 aliphatic rings. The topological polar surface area (TPSA) is 59.0 Å². The number of methoxy groups -OCH3 is 2. The minimum atomic E-state index is -0.734. The number of hydrogen-bond donors (Lipinski definition) is 1. The first-order chi connectivity index (χ1) is 13.4. The number of likely N-dealkylation sites (tertiary alicyclic amines) is 1. The van der Waals surface area contributed by atoms with Gasteiger partial charge in [0.1, 0.15) is 11.5 Å². The van der Waals surface area contributed by atoms with E-state index in [2.05, 4.69) is 4.90 Å². The standard InChI is InChI=1S/C21H23Cl2NO4/c1-27-15-4-6-17(19(12-15)28-2)20(16-5-3-14(22)11-18(16)23)24-9-7-13(8-10-24)21(25)26/h3-6,11-13,20H,7-10H2,1-2H3,(H,25,26).